The van der Waals surface area contributed by atoms with Crippen LogP contribution in [0, 0.1) is 0 Å². The number of halogens is 4. The van der Waals surface area contributed by atoms with Crippen LogP contribution < -0.4 is 0 Å². The lowest BCUT2D eigenvalue weighted by Crippen LogP contribution is -2.21. The van der Waals surface area contributed by atoms with Crippen LogP contribution >= 0.6 is 0 Å². The van der Waals surface area contributed by atoms with E-state index in [-0.39, 0.29) is 27.2 Å². The standard InChI is InChI=1S/C11H14N2.B.4FH/c1-12-7-8-13(10-12)9-11-5-3-2-4-6-11;;;;;/h2-8H,9-10H2,1H3;;4*1H. The molecule has 0 atom stereocenters. The van der Waals surface area contributed by atoms with Crippen LogP contribution in [0.4, 0.5) is 18.8 Å². The van der Waals surface area contributed by atoms with Crippen LogP contribution in [0.2, 0.25) is 0 Å². The zero-order valence-electron chi connectivity index (χ0n) is 10.1. The molecule has 1 aliphatic rings. The fourth-order valence-electron chi connectivity index (χ4n) is 1.51. The summed E-state index contributed by atoms with van der Waals surface area (Å²) < 4.78 is 0. The lowest BCUT2D eigenvalue weighted by atomic mass is 10.2. The van der Waals surface area contributed by atoms with Gasteiger partial charge in [-0.1, -0.05) is 30.3 Å². The Bertz CT molecular complexity index is 311. The van der Waals surface area contributed by atoms with E-state index in [2.05, 4.69) is 59.6 Å². The maximum atomic E-state index is 2.29. The first kappa shape index (κ1) is 25.3. The quantitative estimate of drug-likeness (QED) is 0.596. The molecule has 0 aliphatic carbocycles. The minimum Gasteiger partial charge on any atom is -0.362 e. The summed E-state index contributed by atoms with van der Waals surface area (Å²) in [5.41, 5.74) is 1.36. The molecule has 0 bridgehead atoms. The first-order valence-corrected chi connectivity index (χ1v) is 4.51. The summed E-state index contributed by atoms with van der Waals surface area (Å²) in [6.45, 7) is 2.00. The zero-order chi connectivity index (χ0) is 9.10. The van der Waals surface area contributed by atoms with Crippen LogP contribution in [0.25, 0.3) is 0 Å². The second-order valence-electron chi connectivity index (χ2n) is 3.43. The predicted molar refractivity (Wildman–Crippen MR) is 69.5 cm³/mol. The highest BCUT2D eigenvalue weighted by atomic mass is 19.0. The molecule has 2 nitrogen and oxygen atoms in total. The molecule has 1 aliphatic heterocycles. The summed E-state index contributed by atoms with van der Waals surface area (Å²) in [5, 5.41) is 0. The highest BCUT2D eigenvalue weighted by molar-refractivity contribution is 5.75. The Kier molecular flexibility index (Phi) is 16.6. The number of rotatable bonds is 2. The van der Waals surface area contributed by atoms with Gasteiger partial charge in [-0.05, 0) is 5.56 Å². The molecule has 0 amide bonds. The Hall–Kier alpha value is -1.66. The van der Waals surface area contributed by atoms with E-state index in [4.69, 9.17) is 0 Å². The van der Waals surface area contributed by atoms with Crippen LogP contribution in [0.15, 0.2) is 42.7 Å². The van der Waals surface area contributed by atoms with E-state index in [0.29, 0.717) is 0 Å². The predicted octanol–water partition coefficient (Wildman–Crippen LogP) is 2.09. The van der Waals surface area contributed by atoms with Gasteiger partial charge < -0.3 is 9.80 Å². The SMILES string of the molecule is CN1C=CN(Cc2ccccc2)C1.F.F.F.F.[B]. The second kappa shape index (κ2) is 11.8. The van der Waals surface area contributed by atoms with Crippen molar-refractivity contribution >= 4 is 8.41 Å². The summed E-state index contributed by atoms with van der Waals surface area (Å²) in [7, 11) is 2.08. The van der Waals surface area contributed by atoms with Gasteiger partial charge in [0.25, 0.3) is 0 Å². The van der Waals surface area contributed by atoms with Gasteiger partial charge in [-0.3, -0.25) is 18.8 Å². The lowest BCUT2D eigenvalue weighted by molar-refractivity contribution is 0.291. The molecule has 103 valence electrons. The fourth-order valence-corrected chi connectivity index (χ4v) is 1.51. The van der Waals surface area contributed by atoms with Crippen LogP contribution in [0.5, 0.6) is 0 Å². The largest absolute Gasteiger partial charge is 0.362 e. The average molecular weight is 265 g/mol. The highest BCUT2D eigenvalue weighted by Gasteiger charge is 2.07. The molecule has 0 spiro atoms. The van der Waals surface area contributed by atoms with E-state index in [9.17, 15) is 0 Å². The van der Waals surface area contributed by atoms with Gasteiger partial charge in [-0.15, -0.1) is 0 Å². The second-order valence-corrected chi connectivity index (χ2v) is 3.43. The van der Waals surface area contributed by atoms with Crippen molar-refractivity contribution < 1.29 is 18.8 Å². The third kappa shape index (κ3) is 6.83. The molecule has 0 saturated heterocycles. The summed E-state index contributed by atoms with van der Waals surface area (Å²) in [5.74, 6) is 0. The van der Waals surface area contributed by atoms with Crippen molar-refractivity contribution in [1.29, 1.82) is 0 Å². The first-order chi connectivity index (χ1) is 6.34. The maximum absolute atomic E-state index is 2.29. The van der Waals surface area contributed by atoms with Crippen molar-refractivity contribution in [2.24, 2.45) is 0 Å². The Labute approximate surface area is 106 Å². The zero-order valence-corrected chi connectivity index (χ0v) is 10.1. The third-order valence-corrected chi connectivity index (χ3v) is 2.17. The normalized spacial score (nSPS) is 11.2. The topological polar surface area (TPSA) is 6.48 Å². The molecule has 0 N–H and O–H groups in total. The molecular formula is C11H18BF4N2. The summed E-state index contributed by atoms with van der Waals surface area (Å²) in [6, 6.07) is 10.5. The van der Waals surface area contributed by atoms with Crippen LogP contribution in [0.1, 0.15) is 5.56 Å². The van der Waals surface area contributed by atoms with Crippen molar-refractivity contribution in [3.63, 3.8) is 0 Å². The molecule has 1 aromatic carbocycles. The van der Waals surface area contributed by atoms with E-state index in [1.54, 1.807) is 0 Å². The molecule has 0 aromatic heterocycles. The molecule has 0 fully saturated rings. The Morgan fingerprint density at radius 2 is 1.50 bits per heavy atom. The van der Waals surface area contributed by atoms with Gasteiger partial charge in [0.1, 0.15) is 0 Å². The number of hydrogen-bond acceptors (Lipinski definition) is 2. The molecule has 0 saturated carbocycles. The van der Waals surface area contributed by atoms with Gasteiger partial charge in [-0.25, -0.2) is 0 Å². The maximum Gasteiger partial charge on any atom is 0.0894 e. The number of benzene rings is 1. The average Bonchev–Trinajstić information content (AvgIpc) is 2.53. The Balaban J connectivity index is -0.000000196. The summed E-state index contributed by atoms with van der Waals surface area (Å²) >= 11 is 0. The molecule has 18 heavy (non-hydrogen) atoms. The van der Waals surface area contributed by atoms with Gasteiger partial charge in [0.05, 0.1) is 6.67 Å². The van der Waals surface area contributed by atoms with Crippen molar-refractivity contribution in [2.75, 3.05) is 13.7 Å². The van der Waals surface area contributed by atoms with Crippen molar-refractivity contribution in [3.8, 4) is 0 Å². The molecular weight excluding hydrogens is 247 g/mol. The smallest absolute Gasteiger partial charge is 0.0894 e. The lowest BCUT2D eigenvalue weighted by Gasteiger charge is -2.17. The van der Waals surface area contributed by atoms with E-state index in [0.717, 1.165) is 13.2 Å². The van der Waals surface area contributed by atoms with Gasteiger partial charge in [0, 0.05) is 34.4 Å². The van der Waals surface area contributed by atoms with Crippen LogP contribution in [0.3, 0.4) is 0 Å². The Morgan fingerprint density at radius 1 is 0.944 bits per heavy atom. The van der Waals surface area contributed by atoms with Crippen molar-refractivity contribution in [1.82, 2.24) is 9.80 Å². The van der Waals surface area contributed by atoms with Crippen LogP contribution in [-0.4, -0.2) is 31.9 Å². The molecule has 7 heteroatoms. The Morgan fingerprint density at radius 3 is 1.94 bits per heavy atom. The minimum absolute atomic E-state index is 0. The summed E-state index contributed by atoms with van der Waals surface area (Å²) in [4.78, 5) is 4.46. The minimum atomic E-state index is 0. The van der Waals surface area contributed by atoms with Crippen molar-refractivity contribution in [3.05, 3.63) is 48.3 Å². The monoisotopic (exact) mass is 265 g/mol. The number of nitrogens with zero attached hydrogens (tertiary/aromatic N) is 2. The van der Waals surface area contributed by atoms with Crippen molar-refractivity contribution in [2.45, 2.75) is 6.54 Å². The van der Waals surface area contributed by atoms with Gasteiger partial charge in [0.2, 0.25) is 0 Å². The molecule has 0 unspecified atom stereocenters. The van der Waals surface area contributed by atoms with Gasteiger partial charge in [-0.2, -0.15) is 0 Å². The van der Waals surface area contributed by atoms with Crippen LogP contribution in [-0.2, 0) is 6.54 Å². The third-order valence-electron chi connectivity index (χ3n) is 2.17. The number of hydrogen-bond donors (Lipinski definition) is 0. The summed E-state index contributed by atoms with van der Waals surface area (Å²) in [6.07, 6.45) is 4.23. The van der Waals surface area contributed by atoms with E-state index >= 15 is 0 Å². The molecule has 3 radical (unpaired) electrons. The molecule has 1 aromatic rings. The van der Waals surface area contributed by atoms with E-state index in [1.165, 1.54) is 5.56 Å². The van der Waals surface area contributed by atoms with E-state index in [1.807, 2.05) is 0 Å². The van der Waals surface area contributed by atoms with Gasteiger partial charge >= 0.3 is 0 Å². The van der Waals surface area contributed by atoms with Gasteiger partial charge in [0.15, 0.2) is 0 Å². The molecule has 2 rings (SSSR count). The van der Waals surface area contributed by atoms with E-state index < -0.39 is 0 Å². The first-order valence-electron chi connectivity index (χ1n) is 4.51. The molecule has 1 heterocycles. The fraction of sp³-hybridized carbons (Fsp3) is 0.273. The highest BCUT2D eigenvalue weighted by Crippen LogP contribution is 2.09.